The Balaban J connectivity index is 2.00. The Morgan fingerprint density at radius 1 is 1.37 bits per heavy atom. The number of nitrogens with two attached hydrogens (primary N) is 1. The highest BCUT2D eigenvalue weighted by atomic mass is 16.3. The average Bonchev–Trinajstić information content (AvgIpc) is 2.35. The van der Waals surface area contributed by atoms with Crippen LogP contribution in [0, 0.1) is 5.41 Å². The number of rotatable bonds is 2. The molecule has 0 saturated heterocycles. The van der Waals surface area contributed by atoms with Gasteiger partial charge in [0, 0.05) is 6.04 Å². The number of carbonyl (C=O) groups excluding carboxylic acids is 1. The van der Waals surface area contributed by atoms with E-state index < -0.39 is 0 Å². The van der Waals surface area contributed by atoms with Crippen molar-refractivity contribution in [2.75, 3.05) is 5.73 Å². The Kier molecular flexibility index (Phi) is 3.69. The quantitative estimate of drug-likeness (QED) is 0.566. The molecule has 1 aliphatic rings. The predicted octanol–water partition coefficient (Wildman–Crippen LogP) is 2.67. The number of benzene rings is 1. The minimum Gasteiger partial charge on any atom is -0.505 e. The molecule has 4 heteroatoms. The van der Waals surface area contributed by atoms with Gasteiger partial charge in [-0.15, -0.1) is 0 Å². The summed E-state index contributed by atoms with van der Waals surface area (Å²) in [5.74, 6) is -0.370. The van der Waals surface area contributed by atoms with E-state index in [4.69, 9.17) is 5.73 Å². The van der Waals surface area contributed by atoms with Gasteiger partial charge in [0.05, 0.1) is 11.3 Å². The average molecular weight is 262 g/mol. The summed E-state index contributed by atoms with van der Waals surface area (Å²) >= 11 is 0. The van der Waals surface area contributed by atoms with Crippen LogP contribution in [0.3, 0.4) is 0 Å². The van der Waals surface area contributed by atoms with Crippen molar-refractivity contribution >= 4 is 11.6 Å². The maximum atomic E-state index is 12.1. The number of carbonyl (C=O) groups is 1. The molecule has 4 N–H and O–H groups in total. The fourth-order valence-electron chi connectivity index (χ4n) is 2.55. The molecule has 0 aromatic heterocycles. The highest BCUT2D eigenvalue weighted by Gasteiger charge is 2.28. The molecule has 0 bridgehead atoms. The Hall–Kier alpha value is -1.71. The van der Waals surface area contributed by atoms with Crippen LogP contribution in [0.2, 0.25) is 0 Å². The first-order valence-corrected chi connectivity index (χ1v) is 6.77. The van der Waals surface area contributed by atoms with Gasteiger partial charge < -0.3 is 16.2 Å². The van der Waals surface area contributed by atoms with E-state index in [2.05, 4.69) is 19.2 Å². The largest absolute Gasteiger partial charge is 0.505 e. The maximum absolute atomic E-state index is 12.1. The lowest BCUT2D eigenvalue weighted by Crippen LogP contribution is -2.39. The van der Waals surface area contributed by atoms with Crippen LogP contribution in [0.15, 0.2) is 18.2 Å². The lowest BCUT2D eigenvalue weighted by molar-refractivity contribution is 0.0906. The van der Waals surface area contributed by atoms with Crippen LogP contribution < -0.4 is 11.1 Å². The van der Waals surface area contributed by atoms with Gasteiger partial charge in [0.15, 0.2) is 5.75 Å². The van der Waals surface area contributed by atoms with Crippen molar-refractivity contribution < 1.29 is 9.90 Å². The number of anilines is 1. The van der Waals surface area contributed by atoms with Gasteiger partial charge in [0.25, 0.3) is 5.91 Å². The lowest BCUT2D eigenvalue weighted by Gasteiger charge is -2.34. The van der Waals surface area contributed by atoms with Gasteiger partial charge in [-0.1, -0.05) is 19.9 Å². The molecule has 0 atom stereocenters. The van der Waals surface area contributed by atoms with E-state index in [-0.39, 0.29) is 28.9 Å². The van der Waals surface area contributed by atoms with Gasteiger partial charge in [0.1, 0.15) is 0 Å². The van der Waals surface area contributed by atoms with E-state index in [1.165, 1.54) is 0 Å². The van der Waals surface area contributed by atoms with Crippen molar-refractivity contribution in [2.24, 2.45) is 5.41 Å². The summed E-state index contributed by atoms with van der Waals surface area (Å²) in [7, 11) is 0. The molecule has 1 aromatic rings. The van der Waals surface area contributed by atoms with Crippen LogP contribution in [0.25, 0.3) is 0 Å². The van der Waals surface area contributed by atoms with Crippen molar-refractivity contribution in [3.8, 4) is 5.75 Å². The molecule has 1 amide bonds. The Morgan fingerprint density at radius 2 is 2.00 bits per heavy atom. The number of hydrogen-bond donors (Lipinski definition) is 3. The molecule has 0 aliphatic heterocycles. The number of nitrogens with one attached hydrogen (secondary N) is 1. The molecule has 4 nitrogen and oxygen atoms in total. The van der Waals surface area contributed by atoms with Crippen LogP contribution in [0.1, 0.15) is 49.9 Å². The molecule has 1 fully saturated rings. The molecule has 104 valence electrons. The third-order valence-electron chi connectivity index (χ3n) is 3.99. The smallest absolute Gasteiger partial charge is 0.255 e. The second-order valence-electron chi connectivity index (χ2n) is 6.16. The first-order chi connectivity index (χ1) is 8.89. The number of hydrogen-bond acceptors (Lipinski definition) is 3. The standard InChI is InChI=1S/C15H22N2O2/c1-15(2)8-6-10(7-9-15)17-14(19)11-4-3-5-12(16)13(11)18/h3-5,10,18H,6-9,16H2,1-2H3,(H,17,19). The molecule has 0 heterocycles. The molecule has 1 aromatic carbocycles. The topological polar surface area (TPSA) is 75.4 Å². The molecule has 1 saturated carbocycles. The van der Waals surface area contributed by atoms with Gasteiger partial charge in [-0.3, -0.25) is 4.79 Å². The number of phenols is 1. The number of phenolic OH excluding ortho intramolecular Hbond substituents is 1. The number of nitrogen functional groups attached to an aromatic ring is 1. The van der Waals surface area contributed by atoms with Crippen LogP contribution in [-0.2, 0) is 0 Å². The molecular weight excluding hydrogens is 240 g/mol. The fourth-order valence-corrected chi connectivity index (χ4v) is 2.55. The first kappa shape index (κ1) is 13.7. The summed E-state index contributed by atoms with van der Waals surface area (Å²) in [6.07, 6.45) is 4.20. The summed E-state index contributed by atoms with van der Waals surface area (Å²) in [5.41, 5.74) is 6.46. The normalized spacial score (nSPS) is 19.1. The summed E-state index contributed by atoms with van der Waals surface area (Å²) < 4.78 is 0. The van der Waals surface area contributed by atoms with Crippen LogP contribution in [-0.4, -0.2) is 17.1 Å². The second kappa shape index (κ2) is 5.11. The second-order valence-corrected chi connectivity index (χ2v) is 6.16. The molecule has 2 rings (SSSR count). The molecule has 0 unspecified atom stereocenters. The summed E-state index contributed by atoms with van der Waals surface area (Å²) in [4.78, 5) is 12.1. The van der Waals surface area contributed by atoms with Crippen LogP contribution in [0.4, 0.5) is 5.69 Å². The van der Waals surface area contributed by atoms with E-state index in [1.807, 2.05) is 0 Å². The molecule has 1 aliphatic carbocycles. The zero-order chi connectivity index (χ0) is 14.0. The van der Waals surface area contributed by atoms with E-state index in [0.29, 0.717) is 5.41 Å². The summed E-state index contributed by atoms with van der Waals surface area (Å²) in [5, 5.41) is 12.8. The van der Waals surface area contributed by atoms with Gasteiger partial charge in [-0.05, 0) is 43.2 Å². The highest BCUT2D eigenvalue weighted by molar-refractivity contribution is 5.98. The van der Waals surface area contributed by atoms with Gasteiger partial charge >= 0.3 is 0 Å². The zero-order valence-electron chi connectivity index (χ0n) is 11.6. The number of para-hydroxylation sites is 1. The van der Waals surface area contributed by atoms with Crippen molar-refractivity contribution in [3.63, 3.8) is 0 Å². The minimum atomic E-state index is -0.241. The molecule has 0 radical (unpaired) electrons. The molecule has 0 spiro atoms. The third-order valence-corrected chi connectivity index (χ3v) is 3.99. The van der Waals surface area contributed by atoms with Crippen LogP contribution >= 0.6 is 0 Å². The van der Waals surface area contributed by atoms with E-state index in [9.17, 15) is 9.90 Å². The Labute approximate surface area is 114 Å². The third kappa shape index (κ3) is 3.19. The van der Waals surface area contributed by atoms with Crippen molar-refractivity contribution in [3.05, 3.63) is 23.8 Å². The van der Waals surface area contributed by atoms with E-state index in [1.54, 1.807) is 18.2 Å². The SMILES string of the molecule is CC1(C)CCC(NC(=O)c2cccc(N)c2O)CC1. The number of amides is 1. The summed E-state index contributed by atoms with van der Waals surface area (Å²) in [6.45, 7) is 4.52. The molecule has 19 heavy (non-hydrogen) atoms. The van der Waals surface area contributed by atoms with Gasteiger partial charge in [-0.2, -0.15) is 0 Å². The van der Waals surface area contributed by atoms with Gasteiger partial charge in [0.2, 0.25) is 0 Å². The minimum absolute atomic E-state index is 0.129. The first-order valence-electron chi connectivity index (χ1n) is 6.77. The fraction of sp³-hybridized carbons (Fsp3) is 0.533. The van der Waals surface area contributed by atoms with E-state index >= 15 is 0 Å². The maximum Gasteiger partial charge on any atom is 0.255 e. The lowest BCUT2D eigenvalue weighted by atomic mass is 9.75. The van der Waals surface area contributed by atoms with Gasteiger partial charge in [-0.25, -0.2) is 0 Å². The Bertz CT molecular complexity index is 473. The molecular formula is C15H22N2O2. The number of aromatic hydroxyl groups is 1. The van der Waals surface area contributed by atoms with Crippen molar-refractivity contribution in [1.29, 1.82) is 0 Å². The Morgan fingerprint density at radius 3 is 2.63 bits per heavy atom. The van der Waals surface area contributed by atoms with Crippen LogP contribution in [0.5, 0.6) is 5.75 Å². The predicted molar refractivity (Wildman–Crippen MR) is 76.0 cm³/mol. The van der Waals surface area contributed by atoms with Crippen molar-refractivity contribution in [2.45, 2.75) is 45.6 Å². The highest BCUT2D eigenvalue weighted by Crippen LogP contribution is 2.35. The summed E-state index contributed by atoms with van der Waals surface area (Å²) in [6, 6.07) is 5.04. The van der Waals surface area contributed by atoms with Crippen molar-refractivity contribution in [1.82, 2.24) is 5.32 Å². The van der Waals surface area contributed by atoms with E-state index in [0.717, 1.165) is 25.7 Å². The monoisotopic (exact) mass is 262 g/mol. The zero-order valence-corrected chi connectivity index (χ0v) is 11.6.